The van der Waals surface area contributed by atoms with Gasteiger partial charge in [-0.15, -0.1) is 0 Å². The molecular formula is C13H7Cl3N2. The highest BCUT2D eigenvalue weighted by Crippen LogP contribution is 2.38. The van der Waals surface area contributed by atoms with E-state index in [9.17, 15) is 0 Å². The van der Waals surface area contributed by atoms with Crippen LogP contribution >= 0.6 is 34.8 Å². The van der Waals surface area contributed by atoms with E-state index in [0.29, 0.717) is 26.3 Å². The Morgan fingerprint density at radius 3 is 2.44 bits per heavy atom. The number of nitrogens with zero attached hydrogens (tertiary/aromatic N) is 2. The summed E-state index contributed by atoms with van der Waals surface area (Å²) in [6, 6.07) is 8.92. The zero-order valence-corrected chi connectivity index (χ0v) is 11.4. The van der Waals surface area contributed by atoms with Crippen molar-refractivity contribution in [3.05, 3.63) is 51.2 Å². The van der Waals surface area contributed by atoms with E-state index in [2.05, 4.69) is 11.1 Å². The molecular weight excluding hydrogens is 291 g/mol. The van der Waals surface area contributed by atoms with Crippen molar-refractivity contribution in [3.8, 4) is 17.2 Å². The van der Waals surface area contributed by atoms with Gasteiger partial charge in [0.15, 0.2) is 0 Å². The molecule has 0 saturated heterocycles. The SMILES string of the molecule is N#CCc1ncccc1-c1c(Cl)cc(Cl)cc1Cl. The quantitative estimate of drug-likeness (QED) is 0.800. The van der Waals surface area contributed by atoms with Gasteiger partial charge in [-0.25, -0.2) is 0 Å². The topological polar surface area (TPSA) is 36.7 Å². The molecule has 2 aromatic rings. The summed E-state index contributed by atoms with van der Waals surface area (Å²) in [6.07, 6.45) is 1.83. The molecule has 0 aliphatic carbocycles. The van der Waals surface area contributed by atoms with Gasteiger partial charge in [-0.1, -0.05) is 40.9 Å². The second kappa shape index (κ2) is 5.58. The van der Waals surface area contributed by atoms with Gasteiger partial charge in [-0.05, 0) is 18.2 Å². The van der Waals surface area contributed by atoms with Gasteiger partial charge in [0.2, 0.25) is 0 Å². The predicted octanol–water partition coefficient (Wildman–Crippen LogP) is 4.77. The molecule has 0 radical (unpaired) electrons. The fourth-order valence-electron chi connectivity index (χ4n) is 1.68. The zero-order valence-electron chi connectivity index (χ0n) is 9.12. The minimum Gasteiger partial charge on any atom is -0.260 e. The summed E-state index contributed by atoms with van der Waals surface area (Å²) in [4.78, 5) is 4.18. The van der Waals surface area contributed by atoms with Crippen LogP contribution in [0.5, 0.6) is 0 Å². The van der Waals surface area contributed by atoms with Gasteiger partial charge in [0.25, 0.3) is 0 Å². The molecule has 0 N–H and O–H groups in total. The van der Waals surface area contributed by atoms with Crippen LogP contribution in [0.15, 0.2) is 30.5 Å². The smallest absolute Gasteiger partial charge is 0.0781 e. The minimum absolute atomic E-state index is 0.200. The summed E-state index contributed by atoms with van der Waals surface area (Å²) in [5.74, 6) is 0. The molecule has 2 nitrogen and oxygen atoms in total. The Kier molecular flexibility index (Phi) is 4.08. The lowest BCUT2D eigenvalue weighted by molar-refractivity contribution is 1.12. The van der Waals surface area contributed by atoms with Crippen molar-refractivity contribution in [2.24, 2.45) is 0 Å². The molecule has 1 aromatic heterocycles. The first-order valence-electron chi connectivity index (χ1n) is 5.09. The molecule has 0 aliphatic heterocycles. The lowest BCUT2D eigenvalue weighted by atomic mass is 10.0. The van der Waals surface area contributed by atoms with Crippen molar-refractivity contribution < 1.29 is 0 Å². The summed E-state index contributed by atoms with van der Waals surface area (Å²) < 4.78 is 0. The predicted molar refractivity (Wildman–Crippen MR) is 74.0 cm³/mol. The van der Waals surface area contributed by atoms with Gasteiger partial charge < -0.3 is 0 Å². The molecule has 5 heteroatoms. The number of aromatic nitrogens is 1. The fourth-order valence-corrected chi connectivity index (χ4v) is 2.70. The van der Waals surface area contributed by atoms with Crippen molar-refractivity contribution in [2.45, 2.75) is 6.42 Å². The summed E-state index contributed by atoms with van der Waals surface area (Å²) in [5.41, 5.74) is 2.05. The largest absolute Gasteiger partial charge is 0.260 e. The molecule has 0 aliphatic rings. The van der Waals surface area contributed by atoms with Crippen molar-refractivity contribution in [1.82, 2.24) is 4.98 Å². The Morgan fingerprint density at radius 2 is 1.83 bits per heavy atom. The maximum absolute atomic E-state index is 8.80. The average Bonchev–Trinajstić information content (AvgIpc) is 2.30. The van der Waals surface area contributed by atoms with Crippen molar-refractivity contribution in [3.63, 3.8) is 0 Å². The van der Waals surface area contributed by atoms with Gasteiger partial charge in [-0.2, -0.15) is 5.26 Å². The van der Waals surface area contributed by atoms with Crippen LogP contribution in [0.4, 0.5) is 0 Å². The van der Waals surface area contributed by atoms with E-state index in [1.54, 1.807) is 24.4 Å². The second-order valence-electron chi connectivity index (χ2n) is 3.58. The van der Waals surface area contributed by atoms with Gasteiger partial charge >= 0.3 is 0 Å². The molecule has 0 spiro atoms. The van der Waals surface area contributed by atoms with E-state index in [4.69, 9.17) is 40.1 Å². The molecule has 0 atom stereocenters. The van der Waals surface area contributed by atoms with Crippen molar-refractivity contribution in [1.29, 1.82) is 5.26 Å². The zero-order chi connectivity index (χ0) is 13.1. The van der Waals surface area contributed by atoms with Crippen LogP contribution in [-0.4, -0.2) is 4.98 Å². The van der Waals surface area contributed by atoms with Crippen LogP contribution in [0, 0.1) is 11.3 Å². The summed E-state index contributed by atoms with van der Waals surface area (Å²) >= 11 is 18.2. The Labute approximate surface area is 120 Å². The highest BCUT2D eigenvalue weighted by molar-refractivity contribution is 6.41. The molecule has 90 valence electrons. The molecule has 2 rings (SSSR count). The third kappa shape index (κ3) is 2.59. The summed E-state index contributed by atoms with van der Waals surface area (Å²) in [6.45, 7) is 0. The monoisotopic (exact) mass is 296 g/mol. The number of rotatable bonds is 2. The van der Waals surface area contributed by atoms with E-state index in [1.807, 2.05) is 6.07 Å². The number of hydrogen-bond acceptors (Lipinski definition) is 2. The second-order valence-corrected chi connectivity index (χ2v) is 4.83. The van der Waals surface area contributed by atoms with Crippen LogP contribution in [0.2, 0.25) is 15.1 Å². The maximum atomic E-state index is 8.80. The van der Waals surface area contributed by atoms with Crippen LogP contribution < -0.4 is 0 Å². The summed E-state index contributed by atoms with van der Waals surface area (Å²) in [7, 11) is 0. The van der Waals surface area contributed by atoms with Gasteiger partial charge in [0.05, 0.1) is 28.2 Å². The molecule has 1 aromatic carbocycles. The number of hydrogen-bond donors (Lipinski definition) is 0. The first-order valence-corrected chi connectivity index (χ1v) is 6.22. The Morgan fingerprint density at radius 1 is 1.17 bits per heavy atom. The van der Waals surface area contributed by atoms with E-state index in [1.165, 1.54) is 0 Å². The first kappa shape index (κ1) is 13.2. The van der Waals surface area contributed by atoms with Gasteiger partial charge in [-0.3, -0.25) is 4.98 Å². The molecule has 0 saturated carbocycles. The third-order valence-corrected chi connectivity index (χ3v) is 3.23. The lowest BCUT2D eigenvalue weighted by Gasteiger charge is -2.10. The van der Waals surface area contributed by atoms with Crippen molar-refractivity contribution >= 4 is 34.8 Å². The minimum atomic E-state index is 0.200. The van der Waals surface area contributed by atoms with Crippen molar-refractivity contribution in [2.75, 3.05) is 0 Å². The molecule has 0 amide bonds. The standard InChI is InChI=1S/C13H7Cl3N2/c14-8-6-10(15)13(11(16)7-8)9-2-1-5-18-12(9)3-4-17/h1-2,5-7H,3H2. The Hall–Kier alpha value is -1.27. The normalized spacial score (nSPS) is 10.1. The first-order chi connectivity index (χ1) is 8.63. The summed E-state index contributed by atoms with van der Waals surface area (Å²) in [5, 5.41) is 10.2. The third-order valence-electron chi connectivity index (χ3n) is 2.41. The van der Waals surface area contributed by atoms with E-state index >= 15 is 0 Å². The van der Waals surface area contributed by atoms with Gasteiger partial charge in [0.1, 0.15) is 0 Å². The van der Waals surface area contributed by atoms with Gasteiger partial charge in [0, 0.05) is 22.3 Å². The molecule has 0 unspecified atom stereocenters. The Bertz CT molecular complexity index is 609. The highest BCUT2D eigenvalue weighted by Gasteiger charge is 2.14. The van der Waals surface area contributed by atoms with E-state index < -0.39 is 0 Å². The number of nitriles is 1. The maximum Gasteiger partial charge on any atom is 0.0781 e. The number of pyridine rings is 1. The molecule has 0 bridgehead atoms. The average molecular weight is 298 g/mol. The van der Waals surface area contributed by atoms with Crippen LogP contribution in [-0.2, 0) is 6.42 Å². The lowest BCUT2D eigenvalue weighted by Crippen LogP contribution is -1.93. The number of halogens is 3. The van der Waals surface area contributed by atoms with Crippen LogP contribution in [0.1, 0.15) is 5.69 Å². The fraction of sp³-hybridized carbons (Fsp3) is 0.0769. The molecule has 1 heterocycles. The van der Waals surface area contributed by atoms with Crippen LogP contribution in [0.3, 0.4) is 0 Å². The molecule has 18 heavy (non-hydrogen) atoms. The van der Waals surface area contributed by atoms with E-state index in [0.717, 1.165) is 5.56 Å². The highest BCUT2D eigenvalue weighted by atomic mass is 35.5. The Balaban J connectivity index is 2.66. The van der Waals surface area contributed by atoms with Crippen LogP contribution in [0.25, 0.3) is 11.1 Å². The number of benzene rings is 1. The van der Waals surface area contributed by atoms with E-state index in [-0.39, 0.29) is 6.42 Å². The molecule has 0 fully saturated rings.